The van der Waals surface area contributed by atoms with Crippen molar-refractivity contribution in [3.8, 4) is 6.01 Å². The summed E-state index contributed by atoms with van der Waals surface area (Å²) in [5, 5.41) is 10.5. The first-order valence-electron chi connectivity index (χ1n) is 9.87. The van der Waals surface area contributed by atoms with Gasteiger partial charge in [-0.25, -0.2) is 9.78 Å². The van der Waals surface area contributed by atoms with Crippen LogP contribution in [0.15, 0.2) is 24.5 Å². The van der Waals surface area contributed by atoms with E-state index >= 15 is 0 Å². The summed E-state index contributed by atoms with van der Waals surface area (Å²) in [4.78, 5) is 33.4. The summed E-state index contributed by atoms with van der Waals surface area (Å²) in [6.45, 7) is 3.55. The van der Waals surface area contributed by atoms with Crippen LogP contribution in [-0.4, -0.2) is 68.9 Å². The van der Waals surface area contributed by atoms with Crippen LogP contribution in [-0.2, 0) is 4.74 Å². The van der Waals surface area contributed by atoms with Crippen LogP contribution in [0.2, 0.25) is 0 Å². The van der Waals surface area contributed by atoms with Gasteiger partial charge in [-0.2, -0.15) is 15.0 Å². The van der Waals surface area contributed by atoms with Crippen LogP contribution in [0.5, 0.6) is 6.01 Å². The molecule has 1 aliphatic rings. The number of piperidine rings is 1. The van der Waals surface area contributed by atoms with E-state index in [1.165, 1.54) is 5.56 Å². The highest BCUT2D eigenvalue weighted by atomic mass is 16.5. The summed E-state index contributed by atoms with van der Waals surface area (Å²) in [7, 11) is 1.56. The number of rotatable bonds is 7. The molecule has 1 atom stereocenters. The quantitative estimate of drug-likeness (QED) is 0.600. The maximum atomic E-state index is 11.5. The number of fused-ring (bicyclic) bond motifs is 1. The number of methoxy groups -OCH3 is 1. The standard InChI is InChI=1S/C20H24N6O4/c1-12(11-29-2)30-20-24-17(18(27)28)23-19(25-20)26-8-5-13(6-9-26)15-10-22-16-14(15)4-3-7-21-16/h3-4,7,10,12-13H,5-6,8-9,11H2,1-2H3,(H,21,22)(H,27,28)/t12-/m1/s1. The zero-order valence-corrected chi connectivity index (χ0v) is 16.9. The number of carbonyl (C=O) groups is 1. The third kappa shape index (κ3) is 4.18. The third-order valence-corrected chi connectivity index (χ3v) is 5.20. The number of carboxylic acids is 1. The van der Waals surface area contributed by atoms with Crippen LogP contribution in [0.4, 0.5) is 5.95 Å². The van der Waals surface area contributed by atoms with E-state index in [9.17, 15) is 9.90 Å². The first kappa shape index (κ1) is 20.0. The number of nitrogens with zero attached hydrogens (tertiary/aromatic N) is 5. The molecule has 0 aliphatic carbocycles. The Labute approximate surface area is 173 Å². The zero-order valence-electron chi connectivity index (χ0n) is 16.9. The summed E-state index contributed by atoms with van der Waals surface area (Å²) in [5.41, 5.74) is 2.16. The first-order valence-corrected chi connectivity index (χ1v) is 9.87. The van der Waals surface area contributed by atoms with E-state index in [1.807, 2.05) is 17.2 Å². The highest BCUT2D eigenvalue weighted by Gasteiger charge is 2.26. The number of anilines is 1. The molecule has 1 fully saturated rings. The van der Waals surface area contributed by atoms with Gasteiger partial charge in [0, 0.05) is 38.0 Å². The van der Waals surface area contributed by atoms with Gasteiger partial charge in [-0.3, -0.25) is 0 Å². The summed E-state index contributed by atoms with van der Waals surface area (Å²) >= 11 is 0. The van der Waals surface area contributed by atoms with Gasteiger partial charge in [0.05, 0.1) is 6.61 Å². The van der Waals surface area contributed by atoms with Crippen molar-refractivity contribution in [2.45, 2.75) is 31.8 Å². The molecule has 0 unspecified atom stereocenters. The third-order valence-electron chi connectivity index (χ3n) is 5.20. The Morgan fingerprint density at radius 3 is 2.87 bits per heavy atom. The minimum absolute atomic E-state index is 0.00761. The van der Waals surface area contributed by atoms with E-state index in [4.69, 9.17) is 9.47 Å². The summed E-state index contributed by atoms with van der Waals surface area (Å²) in [6.07, 6.45) is 5.29. The van der Waals surface area contributed by atoms with Crippen LogP contribution < -0.4 is 9.64 Å². The van der Waals surface area contributed by atoms with E-state index in [0.29, 0.717) is 31.6 Å². The van der Waals surface area contributed by atoms with E-state index in [2.05, 4.69) is 31.0 Å². The molecule has 0 saturated carbocycles. The Kier molecular flexibility index (Phi) is 5.75. The lowest BCUT2D eigenvalue weighted by atomic mass is 9.89. The maximum Gasteiger partial charge on any atom is 0.374 e. The predicted octanol–water partition coefficient (Wildman–Crippen LogP) is 2.24. The van der Waals surface area contributed by atoms with Gasteiger partial charge in [-0.15, -0.1) is 0 Å². The summed E-state index contributed by atoms with van der Waals surface area (Å²) in [6, 6.07) is 4.02. The Balaban J connectivity index is 1.50. The number of ether oxygens (including phenoxy) is 2. The monoisotopic (exact) mass is 412 g/mol. The van der Waals surface area contributed by atoms with Crippen LogP contribution in [0.1, 0.15) is 41.9 Å². The van der Waals surface area contributed by atoms with Crippen LogP contribution >= 0.6 is 0 Å². The Bertz CT molecular complexity index is 1030. The molecule has 10 heteroatoms. The molecular weight excluding hydrogens is 388 g/mol. The van der Waals surface area contributed by atoms with Crippen molar-refractivity contribution in [3.05, 3.63) is 35.9 Å². The molecule has 0 amide bonds. The lowest BCUT2D eigenvalue weighted by Crippen LogP contribution is -2.35. The number of carboxylic acid groups (broad SMARTS) is 1. The fourth-order valence-corrected chi connectivity index (χ4v) is 3.79. The molecular formula is C20H24N6O4. The lowest BCUT2D eigenvalue weighted by molar-refractivity contribution is 0.0672. The molecule has 4 rings (SSSR count). The normalized spacial score (nSPS) is 16.0. The highest BCUT2D eigenvalue weighted by molar-refractivity contribution is 5.83. The van der Waals surface area contributed by atoms with Crippen LogP contribution in [0, 0.1) is 0 Å². The first-order chi connectivity index (χ1) is 14.5. The number of hydrogen-bond acceptors (Lipinski definition) is 8. The van der Waals surface area contributed by atoms with E-state index < -0.39 is 5.97 Å². The van der Waals surface area contributed by atoms with Crippen molar-refractivity contribution in [2.75, 3.05) is 31.7 Å². The second-order valence-corrected chi connectivity index (χ2v) is 7.34. The van der Waals surface area contributed by atoms with Crippen molar-refractivity contribution in [1.29, 1.82) is 0 Å². The Morgan fingerprint density at radius 2 is 2.13 bits per heavy atom. The summed E-state index contributed by atoms with van der Waals surface area (Å²) in [5.74, 6) is -0.841. The Hall–Kier alpha value is -3.27. The molecule has 0 radical (unpaired) electrons. The van der Waals surface area contributed by atoms with E-state index in [-0.39, 0.29) is 17.9 Å². The molecule has 2 N–H and O–H groups in total. The van der Waals surface area contributed by atoms with Crippen LogP contribution in [0.25, 0.3) is 11.0 Å². The molecule has 0 aromatic carbocycles. The molecule has 1 aliphatic heterocycles. The molecule has 3 aromatic heterocycles. The van der Waals surface area contributed by atoms with Gasteiger partial charge in [0.25, 0.3) is 0 Å². The molecule has 4 heterocycles. The molecule has 1 saturated heterocycles. The van der Waals surface area contributed by atoms with Crippen molar-refractivity contribution >= 4 is 23.0 Å². The summed E-state index contributed by atoms with van der Waals surface area (Å²) < 4.78 is 10.7. The number of pyridine rings is 1. The second-order valence-electron chi connectivity index (χ2n) is 7.34. The number of nitrogens with one attached hydrogen (secondary N) is 1. The van der Waals surface area contributed by atoms with Gasteiger partial charge >= 0.3 is 12.0 Å². The fourth-order valence-electron chi connectivity index (χ4n) is 3.79. The van der Waals surface area contributed by atoms with Crippen molar-refractivity contribution < 1.29 is 19.4 Å². The zero-order chi connectivity index (χ0) is 21.1. The Morgan fingerprint density at radius 1 is 1.33 bits per heavy atom. The maximum absolute atomic E-state index is 11.5. The fraction of sp³-hybridized carbons (Fsp3) is 0.450. The highest BCUT2D eigenvalue weighted by Crippen LogP contribution is 2.33. The van der Waals surface area contributed by atoms with Gasteiger partial charge in [-0.05, 0) is 43.4 Å². The molecule has 3 aromatic rings. The number of aromatic nitrogens is 5. The minimum atomic E-state index is -1.22. The number of hydrogen-bond donors (Lipinski definition) is 2. The number of aromatic amines is 1. The van der Waals surface area contributed by atoms with Crippen molar-refractivity contribution in [1.82, 2.24) is 24.9 Å². The average Bonchev–Trinajstić information content (AvgIpc) is 3.18. The molecule has 30 heavy (non-hydrogen) atoms. The van der Waals surface area contributed by atoms with Gasteiger partial charge in [0.1, 0.15) is 11.8 Å². The second kappa shape index (κ2) is 8.62. The molecule has 0 bridgehead atoms. The van der Waals surface area contributed by atoms with Gasteiger partial charge in [0.15, 0.2) is 0 Å². The van der Waals surface area contributed by atoms with Gasteiger partial charge in [-0.1, -0.05) is 0 Å². The number of H-pyrrole nitrogens is 1. The molecule has 158 valence electrons. The van der Waals surface area contributed by atoms with Crippen molar-refractivity contribution in [3.63, 3.8) is 0 Å². The minimum Gasteiger partial charge on any atom is -0.475 e. The molecule has 10 nitrogen and oxygen atoms in total. The average molecular weight is 412 g/mol. The van der Waals surface area contributed by atoms with Gasteiger partial charge in [0.2, 0.25) is 11.8 Å². The van der Waals surface area contributed by atoms with E-state index in [0.717, 1.165) is 23.9 Å². The topological polar surface area (TPSA) is 126 Å². The number of aromatic carboxylic acids is 1. The molecule has 0 spiro atoms. The van der Waals surface area contributed by atoms with Crippen LogP contribution in [0.3, 0.4) is 0 Å². The van der Waals surface area contributed by atoms with Gasteiger partial charge < -0.3 is 24.5 Å². The largest absolute Gasteiger partial charge is 0.475 e. The van der Waals surface area contributed by atoms with Crippen molar-refractivity contribution in [2.24, 2.45) is 0 Å². The van der Waals surface area contributed by atoms with E-state index in [1.54, 1.807) is 20.2 Å². The smallest absolute Gasteiger partial charge is 0.374 e. The predicted molar refractivity (Wildman–Crippen MR) is 109 cm³/mol. The lowest BCUT2D eigenvalue weighted by Gasteiger charge is -2.32. The SMILES string of the molecule is COC[C@@H](C)Oc1nc(C(=O)O)nc(N2CCC(c3c[nH]c4ncccc34)CC2)n1.